The SMILES string of the molecule is CCOC(=O)CC[C@H](NC(=O)c1cc(Br)cs1)C(=O)OCC. The van der Waals surface area contributed by atoms with Gasteiger partial charge in [0, 0.05) is 16.3 Å². The molecule has 1 atom stereocenters. The molecule has 22 heavy (non-hydrogen) atoms. The van der Waals surface area contributed by atoms with E-state index in [0.717, 1.165) is 4.47 Å². The van der Waals surface area contributed by atoms with Crippen LogP contribution in [-0.2, 0) is 19.1 Å². The number of halogens is 1. The molecular weight excluding hydrogens is 374 g/mol. The summed E-state index contributed by atoms with van der Waals surface area (Å²) in [5.74, 6) is -1.35. The Balaban J connectivity index is 2.66. The van der Waals surface area contributed by atoms with E-state index in [0.29, 0.717) is 4.88 Å². The summed E-state index contributed by atoms with van der Waals surface area (Å²) in [6.45, 7) is 3.86. The van der Waals surface area contributed by atoms with Crippen LogP contribution in [0.1, 0.15) is 36.4 Å². The minimum absolute atomic E-state index is 0.0335. The standard InChI is InChI=1S/C14H18BrNO5S/c1-3-20-12(17)6-5-10(14(19)21-4-2)16-13(18)11-7-9(15)8-22-11/h7-8,10H,3-6H2,1-2H3,(H,16,18)/t10-/m0/s1. The van der Waals surface area contributed by atoms with Gasteiger partial charge in [-0.25, -0.2) is 4.79 Å². The van der Waals surface area contributed by atoms with Crippen LogP contribution in [0.15, 0.2) is 15.9 Å². The van der Waals surface area contributed by atoms with Gasteiger partial charge in [0.25, 0.3) is 5.91 Å². The highest BCUT2D eigenvalue weighted by Gasteiger charge is 2.24. The van der Waals surface area contributed by atoms with Gasteiger partial charge in [0.2, 0.25) is 0 Å². The Kier molecular flexibility index (Phi) is 8.11. The molecule has 0 spiro atoms. The second kappa shape index (κ2) is 9.58. The van der Waals surface area contributed by atoms with Gasteiger partial charge in [-0.3, -0.25) is 9.59 Å². The van der Waals surface area contributed by atoms with Gasteiger partial charge in [-0.15, -0.1) is 11.3 Å². The van der Waals surface area contributed by atoms with Crippen LogP contribution in [0.25, 0.3) is 0 Å². The molecule has 0 aliphatic carbocycles. The summed E-state index contributed by atoms with van der Waals surface area (Å²) in [5, 5.41) is 4.37. The van der Waals surface area contributed by atoms with E-state index >= 15 is 0 Å². The Morgan fingerprint density at radius 1 is 1.27 bits per heavy atom. The lowest BCUT2D eigenvalue weighted by Gasteiger charge is -2.16. The van der Waals surface area contributed by atoms with E-state index in [1.807, 2.05) is 0 Å². The summed E-state index contributed by atoms with van der Waals surface area (Å²) in [6.07, 6.45) is 0.168. The highest BCUT2D eigenvalue weighted by Crippen LogP contribution is 2.19. The number of hydrogen-bond donors (Lipinski definition) is 1. The summed E-state index contributed by atoms with van der Waals surface area (Å²) < 4.78 is 10.5. The molecule has 0 saturated heterocycles. The predicted octanol–water partition coefficient (Wildman–Crippen LogP) is 2.52. The molecule has 8 heteroatoms. The van der Waals surface area contributed by atoms with E-state index in [4.69, 9.17) is 9.47 Å². The molecule has 0 saturated carbocycles. The molecule has 0 fully saturated rings. The van der Waals surface area contributed by atoms with Gasteiger partial charge < -0.3 is 14.8 Å². The van der Waals surface area contributed by atoms with Crippen molar-refractivity contribution in [3.8, 4) is 0 Å². The summed E-state index contributed by atoms with van der Waals surface area (Å²) in [6, 6.07) is 0.783. The minimum atomic E-state index is -0.877. The quantitative estimate of drug-likeness (QED) is 0.688. The molecule has 0 aromatic carbocycles. The number of hydrogen-bond acceptors (Lipinski definition) is 6. The fourth-order valence-electron chi connectivity index (χ4n) is 1.65. The van der Waals surface area contributed by atoms with E-state index in [-0.39, 0.29) is 32.0 Å². The zero-order valence-electron chi connectivity index (χ0n) is 12.4. The van der Waals surface area contributed by atoms with E-state index in [1.165, 1.54) is 11.3 Å². The first-order valence-electron chi connectivity index (χ1n) is 6.85. The van der Waals surface area contributed by atoms with Crippen molar-refractivity contribution in [1.82, 2.24) is 5.32 Å². The normalized spacial score (nSPS) is 11.6. The second-order valence-electron chi connectivity index (χ2n) is 4.25. The summed E-state index contributed by atoms with van der Waals surface area (Å²) >= 11 is 4.52. The van der Waals surface area contributed by atoms with Crippen molar-refractivity contribution in [2.24, 2.45) is 0 Å². The lowest BCUT2D eigenvalue weighted by Crippen LogP contribution is -2.42. The minimum Gasteiger partial charge on any atom is -0.466 e. The van der Waals surface area contributed by atoms with Gasteiger partial charge >= 0.3 is 11.9 Å². The van der Waals surface area contributed by atoms with E-state index < -0.39 is 18.0 Å². The number of thiophene rings is 1. The third-order valence-electron chi connectivity index (χ3n) is 2.61. The number of carbonyl (C=O) groups is 3. The Morgan fingerprint density at radius 2 is 1.95 bits per heavy atom. The van der Waals surface area contributed by atoms with Crippen LogP contribution in [0.5, 0.6) is 0 Å². The molecule has 1 heterocycles. The lowest BCUT2D eigenvalue weighted by molar-refractivity contribution is -0.146. The van der Waals surface area contributed by atoms with Crippen LogP contribution in [0.2, 0.25) is 0 Å². The largest absolute Gasteiger partial charge is 0.466 e. The molecule has 0 bridgehead atoms. The molecule has 1 amide bonds. The van der Waals surface area contributed by atoms with Crippen molar-refractivity contribution < 1.29 is 23.9 Å². The van der Waals surface area contributed by atoms with E-state index in [1.54, 1.807) is 25.3 Å². The fourth-order valence-corrected chi connectivity index (χ4v) is 2.98. The molecule has 1 rings (SSSR count). The van der Waals surface area contributed by atoms with Crippen molar-refractivity contribution in [1.29, 1.82) is 0 Å². The van der Waals surface area contributed by atoms with Gasteiger partial charge in [0.1, 0.15) is 6.04 Å². The van der Waals surface area contributed by atoms with Crippen molar-refractivity contribution in [3.05, 3.63) is 20.8 Å². The predicted molar refractivity (Wildman–Crippen MR) is 85.8 cm³/mol. The Bertz CT molecular complexity index is 531. The number of amides is 1. The van der Waals surface area contributed by atoms with Gasteiger partial charge in [-0.05, 0) is 42.3 Å². The molecule has 1 aromatic rings. The smallest absolute Gasteiger partial charge is 0.328 e. The number of ether oxygens (including phenoxy) is 2. The zero-order chi connectivity index (χ0) is 16.5. The molecule has 122 valence electrons. The molecular formula is C14H18BrNO5S. The number of nitrogens with one attached hydrogen (secondary N) is 1. The van der Waals surface area contributed by atoms with Gasteiger partial charge in [0.15, 0.2) is 0 Å². The first-order chi connectivity index (χ1) is 10.5. The monoisotopic (exact) mass is 391 g/mol. The topological polar surface area (TPSA) is 81.7 Å². The molecule has 0 aliphatic heterocycles. The van der Waals surface area contributed by atoms with Crippen LogP contribution in [0, 0.1) is 0 Å². The first kappa shape index (κ1) is 18.6. The van der Waals surface area contributed by atoms with Crippen LogP contribution >= 0.6 is 27.3 Å². The first-order valence-corrected chi connectivity index (χ1v) is 8.52. The van der Waals surface area contributed by atoms with E-state index in [9.17, 15) is 14.4 Å². The Hall–Kier alpha value is -1.41. The van der Waals surface area contributed by atoms with Crippen LogP contribution < -0.4 is 5.32 Å². The van der Waals surface area contributed by atoms with Crippen molar-refractivity contribution >= 4 is 45.1 Å². The Labute approximate surface area is 141 Å². The van der Waals surface area contributed by atoms with Crippen molar-refractivity contribution in [3.63, 3.8) is 0 Å². The summed E-state index contributed by atoms with van der Waals surface area (Å²) in [4.78, 5) is 35.9. The maximum Gasteiger partial charge on any atom is 0.328 e. The fraction of sp³-hybridized carbons (Fsp3) is 0.500. The number of carbonyl (C=O) groups excluding carboxylic acids is 3. The molecule has 0 unspecified atom stereocenters. The molecule has 0 radical (unpaired) electrons. The number of rotatable bonds is 8. The third kappa shape index (κ3) is 6.15. The highest BCUT2D eigenvalue weighted by molar-refractivity contribution is 9.10. The second-order valence-corrected chi connectivity index (χ2v) is 6.08. The zero-order valence-corrected chi connectivity index (χ0v) is 14.8. The average Bonchev–Trinajstić information content (AvgIpc) is 2.90. The van der Waals surface area contributed by atoms with Crippen LogP contribution in [-0.4, -0.2) is 37.1 Å². The maximum atomic E-state index is 12.1. The van der Waals surface area contributed by atoms with Crippen molar-refractivity contribution in [2.75, 3.05) is 13.2 Å². The molecule has 1 N–H and O–H groups in total. The van der Waals surface area contributed by atoms with Crippen molar-refractivity contribution in [2.45, 2.75) is 32.7 Å². The molecule has 0 aliphatic rings. The summed E-state index contributed by atoms with van der Waals surface area (Å²) in [7, 11) is 0. The van der Waals surface area contributed by atoms with Gasteiger partial charge in [-0.2, -0.15) is 0 Å². The van der Waals surface area contributed by atoms with E-state index in [2.05, 4.69) is 21.2 Å². The highest BCUT2D eigenvalue weighted by atomic mass is 79.9. The summed E-state index contributed by atoms with van der Waals surface area (Å²) in [5.41, 5.74) is 0. The van der Waals surface area contributed by atoms with Crippen LogP contribution in [0.3, 0.4) is 0 Å². The van der Waals surface area contributed by atoms with Crippen LogP contribution in [0.4, 0.5) is 0 Å². The maximum absolute atomic E-state index is 12.1. The van der Waals surface area contributed by atoms with Gasteiger partial charge in [0.05, 0.1) is 18.1 Å². The van der Waals surface area contributed by atoms with Gasteiger partial charge in [-0.1, -0.05) is 0 Å². The molecule has 1 aromatic heterocycles. The third-order valence-corrected chi connectivity index (χ3v) is 4.30. The molecule has 6 nitrogen and oxygen atoms in total. The lowest BCUT2D eigenvalue weighted by atomic mass is 10.1. The Morgan fingerprint density at radius 3 is 2.50 bits per heavy atom. The average molecular weight is 392 g/mol. The number of esters is 2.